The van der Waals surface area contributed by atoms with Crippen molar-refractivity contribution in [3.8, 4) is 0 Å². The second kappa shape index (κ2) is 6.67. The highest BCUT2D eigenvalue weighted by Gasteiger charge is 2.30. The minimum atomic E-state index is -0.467. The maximum atomic E-state index is 12.2. The van der Waals surface area contributed by atoms with E-state index in [2.05, 4.69) is 27.8 Å². The van der Waals surface area contributed by atoms with E-state index in [1.807, 2.05) is 39.0 Å². The van der Waals surface area contributed by atoms with Crippen LogP contribution < -0.4 is 4.90 Å². The molecule has 1 aliphatic heterocycles. The van der Waals surface area contributed by atoms with E-state index in [1.54, 1.807) is 4.90 Å². The van der Waals surface area contributed by atoms with Crippen LogP contribution in [0, 0.1) is 0 Å². The summed E-state index contributed by atoms with van der Waals surface area (Å²) in [4.78, 5) is 16.2. The quantitative estimate of drug-likeness (QED) is 0.706. The maximum absolute atomic E-state index is 12.2. The molecule has 0 bridgehead atoms. The third-order valence-corrected chi connectivity index (χ3v) is 4.81. The Kier molecular flexibility index (Phi) is 5.28. The third kappa shape index (κ3) is 4.07. The topological polar surface area (TPSA) is 32.8 Å². The molecule has 0 spiro atoms. The van der Waals surface area contributed by atoms with Crippen LogP contribution in [0.3, 0.4) is 0 Å². The molecule has 2 rings (SSSR count). The van der Waals surface area contributed by atoms with E-state index >= 15 is 0 Å². The van der Waals surface area contributed by atoms with Crippen molar-refractivity contribution in [3.63, 3.8) is 0 Å². The van der Waals surface area contributed by atoms with E-state index in [1.165, 1.54) is 0 Å². The van der Waals surface area contributed by atoms with Crippen molar-refractivity contribution in [2.45, 2.75) is 39.3 Å². The molecule has 1 aromatic carbocycles. The fourth-order valence-electron chi connectivity index (χ4n) is 2.52. The Balaban J connectivity index is 2.07. The molecule has 0 aliphatic carbocycles. The van der Waals surface area contributed by atoms with Crippen LogP contribution in [0.5, 0.6) is 0 Å². The molecule has 0 N–H and O–H groups in total. The lowest BCUT2D eigenvalue weighted by Gasteiger charge is -2.41. The van der Waals surface area contributed by atoms with E-state index in [-0.39, 0.29) is 12.1 Å². The predicted molar refractivity (Wildman–Crippen MR) is 93.8 cm³/mol. The Hall–Kier alpha value is -0.940. The van der Waals surface area contributed by atoms with Crippen molar-refractivity contribution in [1.82, 2.24) is 4.90 Å². The number of carbonyl (C=O) groups excluding carboxylic acids is 1. The molecule has 22 heavy (non-hydrogen) atoms. The van der Waals surface area contributed by atoms with Crippen molar-refractivity contribution in [1.29, 1.82) is 0 Å². The maximum Gasteiger partial charge on any atom is 0.410 e. The van der Waals surface area contributed by atoms with E-state index in [9.17, 15) is 4.79 Å². The van der Waals surface area contributed by atoms with Crippen molar-refractivity contribution < 1.29 is 9.53 Å². The summed E-state index contributed by atoms with van der Waals surface area (Å²) in [7, 11) is 0. The number of amides is 1. The van der Waals surface area contributed by atoms with Crippen molar-refractivity contribution in [3.05, 3.63) is 27.7 Å². The van der Waals surface area contributed by atoms with Gasteiger partial charge in [0.15, 0.2) is 0 Å². The zero-order valence-corrected chi connectivity index (χ0v) is 15.7. The average molecular weight is 390 g/mol. The number of benzene rings is 1. The number of rotatable bonds is 1. The van der Waals surface area contributed by atoms with Gasteiger partial charge in [-0.15, -0.1) is 0 Å². The number of piperazine rings is 1. The van der Waals surface area contributed by atoms with Crippen molar-refractivity contribution in [2.75, 3.05) is 24.5 Å². The molecule has 1 amide bonds. The van der Waals surface area contributed by atoms with Crippen LogP contribution in [0.1, 0.15) is 27.7 Å². The fraction of sp³-hybridized carbons (Fsp3) is 0.562. The van der Waals surface area contributed by atoms with E-state index in [0.29, 0.717) is 18.1 Å². The van der Waals surface area contributed by atoms with Crippen LogP contribution in [-0.4, -0.2) is 42.3 Å². The van der Waals surface area contributed by atoms with E-state index < -0.39 is 5.60 Å². The predicted octanol–water partition coefficient (Wildman–Crippen LogP) is 4.55. The first-order valence-corrected chi connectivity index (χ1v) is 8.55. The van der Waals surface area contributed by atoms with Gasteiger partial charge in [0, 0.05) is 30.1 Å². The van der Waals surface area contributed by atoms with Crippen LogP contribution in [0.15, 0.2) is 22.7 Å². The normalized spacial score (nSPS) is 19.3. The zero-order chi connectivity index (χ0) is 16.5. The second-order valence-corrected chi connectivity index (χ2v) is 7.77. The van der Waals surface area contributed by atoms with Crippen molar-refractivity contribution in [2.24, 2.45) is 0 Å². The molecule has 1 unspecified atom stereocenters. The minimum Gasteiger partial charge on any atom is -0.444 e. The highest BCUT2D eigenvalue weighted by atomic mass is 79.9. The van der Waals surface area contributed by atoms with Gasteiger partial charge in [0.25, 0.3) is 0 Å². The molecular weight excluding hydrogens is 368 g/mol. The molecule has 1 aliphatic rings. The summed E-state index contributed by atoms with van der Waals surface area (Å²) in [6.07, 6.45) is -0.251. The molecule has 1 aromatic rings. The van der Waals surface area contributed by atoms with Gasteiger partial charge in [-0.05, 0) is 55.8 Å². The molecule has 4 nitrogen and oxygen atoms in total. The lowest BCUT2D eigenvalue weighted by atomic mass is 10.1. The summed E-state index contributed by atoms with van der Waals surface area (Å²) in [5, 5.41) is 0.708. The van der Waals surface area contributed by atoms with Crippen LogP contribution in [-0.2, 0) is 4.74 Å². The Bertz CT molecular complexity index is 560. The van der Waals surface area contributed by atoms with Gasteiger partial charge in [0.1, 0.15) is 5.60 Å². The van der Waals surface area contributed by atoms with Crippen LogP contribution >= 0.6 is 27.5 Å². The Labute approximate surface area is 145 Å². The standard InChI is InChI=1S/C16H22BrClN2O2/c1-11-10-19(15(21)22-16(2,3)4)8-9-20(11)13-7-5-6-12(17)14(13)18/h5-7,11H,8-10H2,1-4H3. The Morgan fingerprint density at radius 3 is 2.64 bits per heavy atom. The summed E-state index contributed by atoms with van der Waals surface area (Å²) in [5.41, 5.74) is 0.526. The smallest absolute Gasteiger partial charge is 0.410 e. The molecule has 0 saturated carbocycles. The number of hydrogen-bond donors (Lipinski definition) is 0. The van der Waals surface area contributed by atoms with Gasteiger partial charge < -0.3 is 14.5 Å². The highest BCUT2D eigenvalue weighted by Crippen LogP contribution is 2.34. The third-order valence-electron chi connectivity index (χ3n) is 3.52. The van der Waals surface area contributed by atoms with Crippen molar-refractivity contribution >= 4 is 39.3 Å². The summed E-state index contributed by atoms with van der Waals surface area (Å²) in [5.74, 6) is 0. The lowest BCUT2D eigenvalue weighted by Crippen LogP contribution is -2.54. The second-order valence-electron chi connectivity index (χ2n) is 6.54. The molecule has 6 heteroatoms. The molecule has 1 fully saturated rings. The van der Waals surface area contributed by atoms with E-state index in [0.717, 1.165) is 16.7 Å². The fourth-order valence-corrected chi connectivity index (χ4v) is 3.11. The molecule has 1 saturated heterocycles. The number of ether oxygens (including phenoxy) is 1. The zero-order valence-electron chi connectivity index (χ0n) is 13.4. The van der Waals surface area contributed by atoms with Gasteiger partial charge in [-0.25, -0.2) is 4.79 Å². The number of nitrogens with zero attached hydrogens (tertiary/aromatic N) is 2. The van der Waals surface area contributed by atoms with Crippen LogP contribution in [0.25, 0.3) is 0 Å². The monoisotopic (exact) mass is 388 g/mol. The Morgan fingerprint density at radius 2 is 2.05 bits per heavy atom. The number of carbonyl (C=O) groups is 1. The van der Waals surface area contributed by atoms with Crippen LogP contribution in [0.4, 0.5) is 10.5 Å². The lowest BCUT2D eigenvalue weighted by molar-refractivity contribution is 0.0219. The average Bonchev–Trinajstić information content (AvgIpc) is 2.40. The molecular formula is C16H22BrClN2O2. The molecule has 0 aromatic heterocycles. The van der Waals surface area contributed by atoms with Gasteiger partial charge in [-0.3, -0.25) is 0 Å². The Morgan fingerprint density at radius 1 is 1.36 bits per heavy atom. The highest BCUT2D eigenvalue weighted by molar-refractivity contribution is 9.10. The minimum absolute atomic E-state index is 0.174. The number of halogens is 2. The molecule has 1 heterocycles. The first kappa shape index (κ1) is 17.4. The summed E-state index contributed by atoms with van der Waals surface area (Å²) in [6, 6.07) is 6.08. The molecule has 1 atom stereocenters. The summed E-state index contributed by atoms with van der Waals surface area (Å²) < 4.78 is 6.33. The molecule has 0 radical (unpaired) electrons. The first-order valence-electron chi connectivity index (χ1n) is 7.37. The van der Waals surface area contributed by atoms with Gasteiger partial charge >= 0.3 is 6.09 Å². The SMILES string of the molecule is CC1CN(C(=O)OC(C)(C)C)CCN1c1cccc(Br)c1Cl. The van der Waals surface area contributed by atoms with E-state index in [4.69, 9.17) is 16.3 Å². The van der Waals surface area contributed by atoms with Gasteiger partial charge in [-0.1, -0.05) is 17.7 Å². The van der Waals surface area contributed by atoms with Crippen LogP contribution in [0.2, 0.25) is 5.02 Å². The molecule has 122 valence electrons. The number of anilines is 1. The summed E-state index contributed by atoms with van der Waals surface area (Å²) in [6.45, 7) is 9.72. The van der Waals surface area contributed by atoms with Gasteiger partial charge in [0.05, 0.1) is 10.7 Å². The largest absolute Gasteiger partial charge is 0.444 e. The first-order chi connectivity index (χ1) is 10.2. The number of hydrogen-bond acceptors (Lipinski definition) is 3. The summed E-state index contributed by atoms with van der Waals surface area (Å²) >= 11 is 9.84. The van der Waals surface area contributed by atoms with Gasteiger partial charge in [-0.2, -0.15) is 0 Å². The van der Waals surface area contributed by atoms with Gasteiger partial charge in [0.2, 0.25) is 0 Å².